The van der Waals surface area contributed by atoms with Crippen LogP contribution in [0.2, 0.25) is 0 Å². The Morgan fingerprint density at radius 1 is 1.19 bits per heavy atom. The minimum atomic E-state index is 0.649. The number of nitrogens with one attached hydrogen (secondary N) is 1. The van der Waals surface area contributed by atoms with Crippen molar-refractivity contribution < 1.29 is 4.74 Å². The summed E-state index contributed by atoms with van der Waals surface area (Å²) < 4.78 is 5.85. The van der Waals surface area contributed by atoms with E-state index in [1.54, 1.807) is 17.6 Å². The maximum absolute atomic E-state index is 5.85. The Balaban J connectivity index is 1.57. The average Bonchev–Trinajstić information content (AvgIpc) is 3.13. The molecular weight excluding hydrogens is 354 g/mol. The number of hydrogen-bond donors (Lipinski definition) is 1. The van der Waals surface area contributed by atoms with Gasteiger partial charge < -0.3 is 4.74 Å². The Morgan fingerprint density at radius 3 is 2.74 bits per heavy atom. The summed E-state index contributed by atoms with van der Waals surface area (Å²) in [5, 5.41) is 7.11. The summed E-state index contributed by atoms with van der Waals surface area (Å²) in [5.74, 6) is 1.59. The minimum Gasteiger partial charge on any atom is -0.493 e. The second-order valence-corrected chi connectivity index (χ2v) is 7.69. The van der Waals surface area contributed by atoms with Gasteiger partial charge in [0, 0.05) is 10.9 Å². The van der Waals surface area contributed by atoms with Gasteiger partial charge in [-0.05, 0) is 48.6 Å². The molecule has 0 aliphatic heterocycles. The van der Waals surface area contributed by atoms with E-state index in [1.807, 2.05) is 35.7 Å². The van der Waals surface area contributed by atoms with Crippen LogP contribution in [0.3, 0.4) is 0 Å². The highest BCUT2D eigenvalue weighted by molar-refractivity contribution is 7.14. The van der Waals surface area contributed by atoms with E-state index in [2.05, 4.69) is 54.5 Å². The molecule has 1 aromatic heterocycles. The monoisotopic (exact) mass is 379 g/mol. The van der Waals surface area contributed by atoms with Crippen LogP contribution < -0.4 is 10.2 Å². The van der Waals surface area contributed by atoms with E-state index in [4.69, 9.17) is 4.74 Å². The fourth-order valence-electron chi connectivity index (χ4n) is 2.55. The number of anilines is 1. The van der Waals surface area contributed by atoms with Gasteiger partial charge in [-0.3, -0.25) is 5.43 Å². The van der Waals surface area contributed by atoms with E-state index in [9.17, 15) is 0 Å². The Morgan fingerprint density at radius 2 is 2.00 bits per heavy atom. The van der Waals surface area contributed by atoms with Gasteiger partial charge in [-0.1, -0.05) is 44.2 Å². The lowest BCUT2D eigenvalue weighted by Gasteiger charge is -2.10. The normalized spacial score (nSPS) is 11.3. The van der Waals surface area contributed by atoms with Gasteiger partial charge in [0.1, 0.15) is 5.75 Å². The summed E-state index contributed by atoms with van der Waals surface area (Å²) in [5.41, 5.74) is 7.21. The van der Waals surface area contributed by atoms with Gasteiger partial charge in [-0.25, -0.2) is 4.98 Å². The van der Waals surface area contributed by atoms with Crippen LogP contribution >= 0.6 is 11.3 Å². The fraction of sp³-hybridized carbons (Fsp3) is 0.273. The molecule has 0 atom stereocenters. The lowest BCUT2D eigenvalue weighted by molar-refractivity contribution is 0.288. The lowest BCUT2D eigenvalue weighted by Crippen LogP contribution is -2.02. The van der Waals surface area contributed by atoms with Crippen LogP contribution in [0.1, 0.15) is 31.4 Å². The first-order valence-electron chi connectivity index (χ1n) is 9.15. The van der Waals surface area contributed by atoms with Crippen molar-refractivity contribution in [3.8, 4) is 17.0 Å². The van der Waals surface area contributed by atoms with E-state index in [1.165, 1.54) is 0 Å². The predicted molar refractivity (Wildman–Crippen MR) is 115 cm³/mol. The molecule has 0 aliphatic carbocycles. The second kappa shape index (κ2) is 9.33. The number of rotatable bonds is 8. The largest absolute Gasteiger partial charge is 0.493 e. The highest BCUT2D eigenvalue weighted by atomic mass is 32.1. The van der Waals surface area contributed by atoms with Crippen molar-refractivity contribution in [2.75, 3.05) is 12.0 Å². The molecule has 4 nitrogen and oxygen atoms in total. The fourth-order valence-corrected chi connectivity index (χ4v) is 3.22. The number of nitrogens with zero attached hydrogens (tertiary/aromatic N) is 2. The zero-order chi connectivity index (χ0) is 19.1. The van der Waals surface area contributed by atoms with Crippen molar-refractivity contribution in [1.29, 1.82) is 0 Å². The van der Waals surface area contributed by atoms with Crippen LogP contribution in [0.25, 0.3) is 11.3 Å². The average molecular weight is 380 g/mol. The van der Waals surface area contributed by atoms with Crippen LogP contribution in [-0.2, 0) is 0 Å². The van der Waals surface area contributed by atoms with Crippen LogP contribution in [-0.4, -0.2) is 17.8 Å². The third kappa shape index (κ3) is 5.66. The predicted octanol–water partition coefficient (Wildman–Crippen LogP) is 5.99. The zero-order valence-electron chi connectivity index (χ0n) is 16.0. The molecule has 0 bridgehead atoms. The lowest BCUT2D eigenvalue weighted by atomic mass is 10.1. The van der Waals surface area contributed by atoms with Gasteiger partial charge in [0.25, 0.3) is 0 Å². The molecular formula is C22H25N3OS. The van der Waals surface area contributed by atoms with Crippen LogP contribution in [0.15, 0.2) is 59.0 Å². The van der Waals surface area contributed by atoms with Gasteiger partial charge in [-0.2, -0.15) is 5.10 Å². The first-order chi connectivity index (χ1) is 13.1. The second-order valence-electron chi connectivity index (χ2n) is 6.83. The van der Waals surface area contributed by atoms with E-state index in [-0.39, 0.29) is 0 Å². The molecule has 27 heavy (non-hydrogen) atoms. The molecule has 0 spiro atoms. The number of thiazole rings is 1. The molecule has 140 valence electrons. The molecule has 3 rings (SSSR count). The number of ether oxygens (including phenoxy) is 1. The quantitative estimate of drug-likeness (QED) is 0.386. The first kappa shape index (κ1) is 19.1. The number of benzene rings is 2. The number of hydrogen-bond acceptors (Lipinski definition) is 5. The third-order valence-electron chi connectivity index (χ3n) is 4.10. The van der Waals surface area contributed by atoms with Gasteiger partial charge >= 0.3 is 0 Å². The highest BCUT2D eigenvalue weighted by Gasteiger charge is 2.04. The van der Waals surface area contributed by atoms with Crippen LogP contribution in [0, 0.1) is 12.8 Å². The summed E-state index contributed by atoms with van der Waals surface area (Å²) in [6.07, 6.45) is 2.86. The molecule has 0 radical (unpaired) electrons. The maximum atomic E-state index is 5.85. The maximum Gasteiger partial charge on any atom is 0.203 e. The molecule has 0 aliphatic rings. The Kier molecular flexibility index (Phi) is 6.60. The Bertz CT molecular complexity index is 888. The third-order valence-corrected chi connectivity index (χ3v) is 4.85. The molecule has 2 aromatic carbocycles. The van der Waals surface area contributed by atoms with Crippen LogP contribution in [0.4, 0.5) is 5.13 Å². The highest BCUT2D eigenvalue weighted by Crippen LogP contribution is 2.24. The Hall–Kier alpha value is -2.66. The molecule has 0 saturated carbocycles. The van der Waals surface area contributed by atoms with E-state index in [0.29, 0.717) is 5.92 Å². The molecule has 1 N–H and O–H groups in total. The van der Waals surface area contributed by atoms with Gasteiger partial charge in [0.05, 0.1) is 18.5 Å². The minimum absolute atomic E-state index is 0.649. The molecule has 5 heteroatoms. The molecule has 0 amide bonds. The number of aromatic nitrogens is 1. The van der Waals surface area contributed by atoms with Crippen molar-refractivity contribution in [1.82, 2.24) is 4.98 Å². The standard InChI is InChI=1S/C22H25N3OS/c1-16(2)11-12-26-21-10-9-18(13-17(21)3)14-23-25-22-24-20(15-27-22)19-7-5-4-6-8-19/h4-10,13-16H,11-12H2,1-3H3,(H,24,25). The number of aryl methyl sites for hydroxylation is 1. The summed E-state index contributed by atoms with van der Waals surface area (Å²) in [4.78, 5) is 4.56. The topological polar surface area (TPSA) is 46.5 Å². The summed E-state index contributed by atoms with van der Waals surface area (Å²) in [6.45, 7) is 7.21. The van der Waals surface area contributed by atoms with Crippen molar-refractivity contribution >= 4 is 22.7 Å². The summed E-state index contributed by atoms with van der Waals surface area (Å²) >= 11 is 1.54. The summed E-state index contributed by atoms with van der Waals surface area (Å²) in [7, 11) is 0. The SMILES string of the molecule is Cc1cc(C=NNc2nc(-c3ccccc3)cs2)ccc1OCCC(C)C. The van der Waals surface area contributed by atoms with E-state index < -0.39 is 0 Å². The molecule has 3 aromatic rings. The summed E-state index contributed by atoms with van der Waals surface area (Å²) in [6, 6.07) is 16.2. The number of hydrazone groups is 1. The smallest absolute Gasteiger partial charge is 0.203 e. The Labute approximate surface area is 164 Å². The first-order valence-corrected chi connectivity index (χ1v) is 10.0. The van der Waals surface area contributed by atoms with Gasteiger partial charge in [0.2, 0.25) is 5.13 Å². The van der Waals surface area contributed by atoms with Crippen LogP contribution in [0.5, 0.6) is 5.75 Å². The van der Waals surface area contributed by atoms with Gasteiger partial charge in [0.15, 0.2) is 0 Å². The molecule has 0 unspecified atom stereocenters. The van der Waals surface area contributed by atoms with Gasteiger partial charge in [-0.15, -0.1) is 11.3 Å². The van der Waals surface area contributed by atoms with Crippen molar-refractivity contribution in [2.45, 2.75) is 27.2 Å². The van der Waals surface area contributed by atoms with E-state index >= 15 is 0 Å². The molecule has 1 heterocycles. The van der Waals surface area contributed by atoms with Crippen molar-refractivity contribution in [3.05, 3.63) is 65.0 Å². The van der Waals surface area contributed by atoms with Crippen molar-refractivity contribution in [3.63, 3.8) is 0 Å². The zero-order valence-corrected chi connectivity index (χ0v) is 16.8. The van der Waals surface area contributed by atoms with Crippen molar-refractivity contribution in [2.24, 2.45) is 11.0 Å². The molecule has 0 saturated heterocycles. The van der Waals surface area contributed by atoms with E-state index in [0.717, 1.165) is 46.3 Å². The molecule has 0 fully saturated rings.